The van der Waals surface area contributed by atoms with Crippen LogP contribution < -0.4 is 0 Å². The minimum Gasteiger partial charge on any atom is -0.369 e. The molecule has 2 aromatic rings. The van der Waals surface area contributed by atoms with Crippen molar-refractivity contribution < 1.29 is 13.3 Å². The zero-order chi connectivity index (χ0) is 21.5. The molecule has 0 saturated carbocycles. The van der Waals surface area contributed by atoms with Gasteiger partial charge >= 0.3 is 11.7 Å². The van der Waals surface area contributed by atoms with Gasteiger partial charge in [0.15, 0.2) is 5.82 Å². The lowest BCUT2D eigenvalue weighted by Crippen LogP contribution is -2.54. The standard InChI is InChI=1S/C22H30ClFN3O2S/c1-3-20(27-12-19(24)11-25-27)9-4-16(2)26-13-22(15-30-28)29-14-21(26)10-17-5-7-18(23)8-6-17/h5-8,11-12,16,20-22H,3-4,9-10,13-15H2,1-2H3/q+1/t16?,20?,21-,22+/m0/s1. The van der Waals surface area contributed by atoms with Gasteiger partial charge in [-0.1, -0.05) is 30.7 Å². The maximum atomic E-state index is 13.4. The minimum atomic E-state index is -0.296. The van der Waals surface area contributed by atoms with Gasteiger partial charge in [0.2, 0.25) is 0 Å². The number of benzene rings is 1. The first kappa shape index (κ1) is 23.3. The summed E-state index contributed by atoms with van der Waals surface area (Å²) in [5.41, 5.74) is 1.22. The van der Waals surface area contributed by atoms with Crippen LogP contribution in [0.4, 0.5) is 4.39 Å². The fourth-order valence-corrected chi connectivity index (χ4v) is 4.68. The third-order valence-electron chi connectivity index (χ3n) is 5.95. The van der Waals surface area contributed by atoms with Gasteiger partial charge < -0.3 is 4.74 Å². The predicted molar refractivity (Wildman–Crippen MR) is 119 cm³/mol. The lowest BCUT2D eigenvalue weighted by Gasteiger charge is -2.42. The number of morpholine rings is 1. The SMILES string of the molecule is CCC(CCC(C)N1C[C@H](C[S+]=O)OC[C@@H]1Cc1ccc(Cl)cc1)n1cc(F)cn1. The molecule has 0 N–H and O–H groups in total. The summed E-state index contributed by atoms with van der Waals surface area (Å²) in [6.07, 6.45) is 6.36. The molecule has 3 rings (SSSR count). The molecule has 0 spiro atoms. The fraction of sp³-hybridized carbons (Fsp3) is 0.591. The van der Waals surface area contributed by atoms with Crippen molar-refractivity contribution in [2.45, 2.75) is 63.8 Å². The van der Waals surface area contributed by atoms with E-state index in [2.05, 4.69) is 36.0 Å². The van der Waals surface area contributed by atoms with E-state index in [9.17, 15) is 8.60 Å². The number of halogens is 2. The van der Waals surface area contributed by atoms with Crippen LogP contribution in [0.3, 0.4) is 0 Å². The zero-order valence-electron chi connectivity index (χ0n) is 17.5. The van der Waals surface area contributed by atoms with Gasteiger partial charge in [0.25, 0.3) is 5.75 Å². The van der Waals surface area contributed by atoms with Gasteiger partial charge in [0.1, 0.15) is 6.10 Å². The lowest BCUT2D eigenvalue weighted by atomic mass is 9.98. The van der Waals surface area contributed by atoms with Crippen molar-refractivity contribution in [1.29, 1.82) is 0 Å². The summed E-state index contributed by atoms with van der Waals surface area (Å²) in [5, 5.41) is 4.88. The second-order valence-electron chi connectivity index (χ2n) is 8.05. The molecule has 1 aliphatic rings. The van der Waals surface area contributed by atoms with E-state index < -0.39 is 0 Å². The molecule has 1 aromatic carbocycles. The zero-order valence-corrected chi connectivity index (χ0v) is 19.1. The van der Waals surface area contributed by atoms with Crippen LogP contribution in [0.1, 0.15) is 44.7 Å². The van der Waals surface area contributed by atoms with Gasteiger partial charge in [-0.05, 0) is 50.3 Å². The summed E-state index contributed by atoms with van der Waals surface area (Å²) < 4.78 is 32.1. The number of ether oxygens (including phenoxy) is 1. The van der Waals surface area contributed by atoms with Crippen LogP contribution in [0.2, 0.25) is 5.02 Å². The summed E-state index contributed by atoms with van der Waals surface area (Å²) in [5.74, 6) is 0.164. The van der Waals surface area contributed by atoms with E-state index in [0.717, 1.165) is 37.3 Å². The van der Waals surface area contributed by atoms with Crippen molar-refractivity contribution in [3.8, 4) is 0 Å². The molecular formula is C22H30ClFN3O2S+. The van der Waals surface area contributed by atoms with Crippen LogP contribution in [0.15, 0.2) is 36.7 Å². The van der Waals surface area contributed by atoms with E-state index in [1.165, 1.54) is 18.0 Å². The predicted octanol–water partition coefficient (Wildman–Crippen LogP) is 4.54. The van der Waals surface area contributed by atoms with E-state index in [-0.39, 0.29) is 24.0 Å². The summed E-state index contributed by atoms with van der Waals surface area (Å²) in [6.45, 7) is 5.70. The Labute approximate surface area is 187 Å². The van der Waals surface area contributed by atoms with Gasteiger partial charge in [0, 0.05) is 27.9 Å². The summed E-state index contributed by atoms with van der Waals surface area (Å²) in [6, 6.07) is 8.70. The molecule has 1 aromatic heterocycles. The van der Waals surface area contributed by atoms with Crippen LogP contribution >= 0.6 is 11.6 Å². The smallest absolute Gasteiger partial charge is 0.369 e. The third kappa shape index (κ3) is 6.30. The molecule has 0 amide bonds. The quantitative estimate of drug-likeness (QED) is 0.494. The second kappa shape index (κ2) is 11.3. The van der Waals surface area contributed by atoms with Crippen LogP contribution in [-0.2, 0) is 27.0 Å². The first-order chi connectivity index (χ1) is 14.5. The Kier molecular flexibility index (Phi) is 8.74. The largest absolute Gasteiger partial charge is 0.461 e. The molecule has 5 nitrogen and oxygen atoms in total. The highest BCUT2D eigenvalue weighted by atomic mass is 35.5. The second-order valence-corrected chi connectivity index (χ2v) is 9.05. The molecule has 1 saturated heterocycles. The molecule has 0 aliphatic carbocycles. The Morgan fingerprint density at radius 1 is 1.33 bits per heavy atom. The Morgan fingerprint density at radius 3 is 2.73 bits per heavy atom. The monoisotopic (exact) mass is 454 g/mol. The number of nitrogens with zero attached hydrogens (tertiary/aromatic N) is 3. The van der Waals surface area contributed by atoms with E-state index in [4.69, 9.17) is 16.3 Å². The first-order valence-corrected chi connectivity index (χ1v) is 11.8. The molecule has 2 heterocycles. The average molecular weight is 455 g/mol. The first-order valence-electron chi connectivity index (χ1n) is 10.6. The summed E-state index contributed by atoms with van der Waals surface area (Å²) in [7, 11) is 0. The Hall–Kier alpha value is -1.41. The maximum absolute atomic E-state index is 13.4. The number of rotatable bonds is 10. The van der Waals surface area contributed by atoms with Crippen LogP contribution in [0, 0.1) is 5.82 Å². The molecular weight excluding hydrogens is 425 g/mol. The van der Waals surface area contributed by atoms with Crippen molar-refractivity contribution in [2.75, 3.05) is 18.9 Å². The van der Waals surface area contributed by atoms with E-state index >= 15 is 0 Å². The van der Waals surface area contributed by atoms with Crippen molar-refractivity contribution >= 4 is 23.3 Å². The van der Waals surface area contributed by atoms with Crippen LogP contribution in [0.5, 0.6) is 0 Å². The van der Waals surface area contributed by atoms with Gasteiger partial charge in [0.05, 0.1) is 25.0 Å². The topological polar surface area (TPSA) is 47.4 Å². The molecule has 30 heavy (non-hydrogen) atoms. The third-order valence-corrected chi connectivity index (χ3v) is 6.71. The van der Waals surface area contributed by atoms with Crippen LogP contribution in [-0.4, -0.2) is 51.8 Å². The molecule has 8 heteroatoms. The fourth-order valence-electron chi connectivity index (χ4n) is 4.20. The summed E-state index contributed by atoms with van der Waals surface area (Å²) in [4.78, 5) is 2.48. The van der Waals surface area contributed by atoms with Crippen molar-refractivity contribution in [3.63, 3.8) is 0 Å². The normalized spacial score (nSPS) is 22.0. The van der Waals surface area contributed by atoms with Gasteiger partial charge in [-0.3, -0.25) is 9.58 Å². The molecule has 0 radical (unpaired) electrons. The minimum absolute atomic E-state index is 0.0430. The van der Waals surface area contributed by atoms with Crippen molar-refractivity contribution in [1.82, 2.24) is 14.7 Å². The van der Waals surface area contributed by atoms with Crippen LogP contribution in [0.25, 0.3) is 0 Å². The van der Waals surface area contributed by atoms with Gasteiger partial charge in [-0.15, -0.1) is 0 Å². The molecule has 2 unspecified atom stereocenters. The van der Waals surface area contributed by atoms with E-state index in [1.807, 2.05) is 12.1 Å². The molecule has 1 aliphatic heterocycles. The van der Waals surface area contributed by atoms with Crippen molar-refractivity contribution in [3.05, 3.63) is 53.1 Å². The average Bonchev–Trinajstić information content (AvgIpc) is 3.17. The Balaban J connectivity index is 1.66. The van der Waals surface area contributed by atoms with Gasteiger partial charge in [-0.2, -0.15) is 5.10 Å². The van der Waals surface area contributed by atoms with Gasteiger partial charge in [-0.25, -0.2) is 4.39 Å². The Morgan fingerprint density at radius 2 is 2.10 bits per heavy atom. The number of aromatic nitrogens is 2. The highest BCUT2D eigenvalue weighted by molar-refractivity contribution is 7.65. The molecule has 0 bridgehead atoms. The highest BCUT2D eigenvalue weighted by Gasteiger charge is 2.34. The van der Waals surface area contributed by atoms with E-state index in [1.54, 1.807) is 4.68 Å². The molecule has 4 atom stereocenters. The summed E-state index contributed by atoms with van der Waals surface area (Å²) >= 11 is 6.61. The number of hydrogen-bond donors (Lipinski definition) is 0. The molecule has 164 valence electrons. The highest BCUT2D eigenvalue weighted by Crippen LogP contribution is 2.25. The Bertz CT molecular complexity index is 804. The van der Waals surface area contributed by atoms with E-state index in [0.29, 0.717) is 30.1 Å². The number of hydrogen-bond acceptors (Lipinski definition) is 4. The molecule has 1 fully saturated rings. The lowest BCUT2D eigenvalue weighted by molar-refractivity contribution is -0.0685. The maximum Gasteiger partial charge on any atom is 0.461 e. The van der Waals surface area contributed by atoms with Crippen molar-refractivity contribution in [2.24, 2.45) is 0 Å².